The van der Waals surface area contributed by atoms with Crippen LogP contribution in [0.2, 0.25) is 0 Å². The van der Waals surface area contributed by atoms with Crippen molar-refractivity contribution in [2.24, 2.45) is 0 Å². The van der Waals surface area contributed by atoms with Crippen LogP contribution in [0.25, 0.3) is 0 Å². The quantitative estimate of drug-likeness (QED) is 0.742. The highest BCUT2D eigenvalue weighted by Crippen LogP contribution is 2.33. The lowest BCUT2D eigenvalue weighted by Crippen LogP contribution is -2.23. The summed E-state index contributed by atoms with van der Waals surface area (Å²) in [5.41, 5.74) is 2.10. The molecule has 3 rings (SSSR count). The smallest absolute Gasteiger partial charge is 0.237 e. The molecular weight excluding hydrogens is 344 g/mol. The molecule has 0 saturated heterocycles. The van der Waals surface area contributed by atoms with Gasteiger partial charge in [0.05, 0.1) is 5.25 Å². The van der Waals surface area contributed by atoms with E-state index in [4.69, 9.17) is 0 Å². The highest BCUT2D eigenvalue weighted by molar-refractivity contribution is 8.00. The van der Waals surface area contributed by atoms with E-state index in [9.17, 15) is 4.79 Å². The maximum Gasteiger partial charge on any atom is 0.237 e. The monoisotopic (exact) mass is 372 g/mol. The third-order valence-corrected chi connectivity index (χ3v) is 6.11. The van der Waals surface area contributed by atoms with Crippen molar-refractivity contribution in [3.05, 3.63) is 35.7 Å². The van der Waals surface area contributed by atoms with Crippen molar-refractivity contribution in [1.82, 2.24) is 14.8 Å². The van der Waals surface area contributed by atoms with Gasteiger partial charge in [-0.15, -0.1) is 10.2 Å². The molecule has 1 saturated carbocycles. The van der Waals surface area contributed by atoms with Crippen molar-refractivity contribution in [3.63, 3.8) is 0 Å². The predicted octanol–water partition coefficient (Wildman–Crippen LogP) is 4.77. The third kappa shape index (κ3) is 4.47. The van der Waals surface area contributed by atoms with Gasteiger partial charge in [-0.2, -0.15) is 0 Å². The van der Waals surface area contributed by atoms with Gasteiger partial charge in [-0.25, -0.2) is 0 Å². The molecule has 26 heavy (non-hydrogen) atoms. The van der Waals surface area contributed by atoms with Crippen LogP contribution in [0.5, 0.6) is 0 Å². The van der Waals surface area contributed by atoms with Crippen LogP contribution in [0.15, 0.2) is 29.4 Å². The zero-order chi connectivity index (χ0) is 18.5. The molecular formula is C20H28N4OS. The van der Waals surface area contributed by atoms with Gasteiger partial charge in [0.2, 0.25) is 5.91 Å². The number of hydrogen-bond donors (Lipinski definition) is 1. The topological polar surface area (TPSA) is 59.8 Å². The van der Waals surface area contributed by atoms with E-state index in [1.54, 1.807) is 0 Å². The van der Waals surface area contributed by atoms with Gasteiger partial charge >= 0.3 is 0 Å². The van der Waals surface area contributed by atoms with Gasteiger partial charge in [0.25, 0.3) is 0 Å². The van der Waals surface area contributed by atoms with E-state index in [0.717, 1.165) is 23.1 Å². The second-order valence-corrected chi connectivity index (χ2v) is 8.30. The number of aryl methyl sites for hydroxylation is 2. The fourth-order valence-corrected chi connectivity index (χ4v) is 4.43. The van der Waals surface area contributed by atoms with Crippen LogP contribution < -0.4 is 5.32 Å². The number of rotatable bonds is 6. The van der Waals surface area contributed by atoms with Crippen molar-refractivity contribution in [2.45, 2.75) is 75.7 Å². The fraction of sp³-hybridized carbons (Fsp3) is 0.550. The molecule has 1 N–H and O–H groups in total. The molecule has 1 atom stereocenters. The van der Waals surface area contributed by atoms with Crippen LogP contribution in [-0.4, -0.2) is 25.9 Å². The van der Waals surface area contributed by atoms with Crippen LogP contribution in [-0.2, 0) is 11.2 Å². The molecule has 1 aliphatic rings. The summed E-state index contributed by atoms with van der Waals surface area (Å²) in [7, 11) is 0. The first-order chi connectivity index (χ1) is 12.6. The van der Waals surface area contributed by atoms with Crippen LogP contribution in [0, 0.1) is 6.92 Å². The number of carbonyl (C=O) groups excluding carboxylic acids is 1. The zero-order valence-electron chi connectivity index (χ0n) is 15.9. The number of amides is 1. The van der Waals surface area contributed by atoms with Crippen LogP contribution in [0.4, 0.5) is 5.69 Å². The Labute approximate surface area is 160 Å². The lowest BCUT2D eigenvalue weighted by Gasteiger charge is -2.25. The van der Waals surface area contributed by atoms with Gasteiger partial charge in [-0.3, -0.25) is 4.79 Å². The number of thioether (sulfide) groups is 1. The maximum atomic E-state index is 12.6. The Morgan fingerprint density at radius 2 is 1.92 bits per heavy atom. The van der Waals surface area contributed by atoms with E-state index in [1.165, 1.54) is 49.4 Å². The van der Waals surface area contributed by atoms with Gasteiger partial charge in [-0.05, 0) is 50.8 Å². The number of hydrogen-bond acceptors (Lipinski definition) is 4. The van der Waals surface area contributed by atoms with Crippen molar-refractivity contribution < 1.29 is 4.79 Å². The van der Waals surface area contributed by atoms with Crippen LogP contribution in [0.1, 0.15) is 63.4 Å². The number of nitrogens with one attached hydrogen (secondary N) is 1. The minimum absolute atomic E-state index is 0.00454. The van der Waals surface area contributed by atoms with Crippen molar-refractivity contribution in [3.8, 4) is 0 Å². The van der Waals surface area contributed by atoms with Crippen molar-refractivity contribution in [2.75, 3.05) is 5.32 Å². The van der Waals surface area contributed by atoms with E-state index >= 15 is 0 Å². The van der Waals surface area contributed by atoms with Gasteiger partial charge < -0.3 is 9.88 Å². The Morgan fingerprint density at radius 1 is 1.23 bits per heavy atom. The number of benzene rings is 1. The summed E-state index contributed by atoms with van der Waals surface area (Å²) in [5, 5.41) is 12.2. The first-order valence-electron chi connectivity index (χ1n) is 9.56. The summed E-state index contributed by atoms with van der Waals surface area (Å²) in [6.07, 6.45) is 7.19. The SMILES string of the molecule is CCc1ccc(NC(=O)[C@@H](C)Sc2nnc(C)n2C2CCCCC2)cc1. The summed E-state index contributed by atoms with van der Waals surface area (Å²) in [6, 6.07) is 8.50. The fourth-order valence-electron chi connectivity index (χ4n) is 3.47. The first-order valence-corrected chi connectivity index (χ1v) is 10.4. The largest absolute Gasteiger partial charge is 0.325 e. The van der Waals surface area contributed by atoms with E-state index in [0.29, 0.717) is 6.04 Å². The molecule has 2 aromatic rings. The van der Waals surface area contributed by atoms with Gasteiger partial charge in [0.1, 0.15) is 5.82 Å². The average Bonchev–Trinajstić information content (AvgIpc) is 3.03. The number of nitrogens with zero attached hydrogens (tertiary/aromatic N) is 3. The molecule has 1 aromatic carbocycles. The Hall–Kier alpha value is -1.82. The molecule has 0 unspecified atom stereocenters. The van der Waals surface area contributed by atoms with Gasteiger partial charge in [0.15, 0.2) is 5.16 Å². The Kier molecular flexibility index (Phi) is 6.35. The normalized spacial score (nSPS) is 16.4. The van der Waals surface area contributed by atoms with Gasteiger partial charge in [-0.1, -0.05) is 50.1 Å². The summed E-state index contributed by atoms with van der Waals surface area (Å²) < 4.78 is 2.24. The van der Waals surface area contributed by atoms with Crippen LogP contribution in [0.3, 0.4) is 0 Å². The molecule has 1 fully saturated rings. The zero-order valence-corrected chi connectivity index (χ0v) is 16.7. The second kappa shape index (κ2) is 8.71. The Bertz CT molecular complexity index is 735. The van der Waals surface area contributed by atoms with Crippen LogP contribution >= 0.6 is 11.8 Å². The highest BCUT2D eigenvalue weighted by Gasteiger charge is 2.24. The average molecular weight is 373 g/mol. The van der Waals surface area contributed by atoms with E-state index in [2.05, 4.69) is 39.1 Å². The van der Waals surface area contributed by atoms with E-state index in [-0.39, 0.29) is 11.2 Å². The molecule has 140 valence electrons. The highest BCUT2D eigenvalue weighted by atomic mass is 32.2. The molecule has 5 nitrogen and oxygen atoms in total. The molecule has 1 aromatic heterocycles. The molecule has 0 aliphatic heterocycles. The summed E-state index contributed by atoms with van der Waals surface area (Å²) >= 11 is 1.50. The Balaban J connectivity index is 1.65. The molecule has 1 amide bonds. The molecule has 0 spiro atoms. The minimum Gasteiger partial charge on any atom is -0.325 e. The molecule has 0 bridgehead atoms. The molecule has 0 radical (unpaired) electrons. The third-order valence-electron chi connectivity index (χ3n) is 5.06. The van der Waals surface area contributed by atoms with Crippen molar-refractivity contribution in [1.29, 1.82) is 0 Å². The van der Waals surface area contributed by atoms with Gasteiger partial charge in [0, 0.05) is 11.7 Å². The molecule has 6 heteroatoms. The second-order valence-electron chi connectivity index (χ2n) is 6.99. The summed E-state index contributed by atoms with van der Waals surface area (Å²) in [5.74, 6) is 0.942. The Morgan fingerprint density at radius 3 is 2.58 bits per heavy atom. The predicted molar refractivity (Wildman–Crippen MR) is 107 cm³/mol. The number of anilines is 1. The van der Waals surface area contributed by atoms with Crippen molar-refractivity contribution >= 4 is 23.4 Å². The molecule has 1 aliphatic carbocycles. The maximum absolute atomic E-state index is 12.6. The van der Waals surface area contributed by atoms with E-state index in [1.807, 2.05) is 26.0 Å². The summed E-state index contributed by atoms with van der Waals surface area (Å²) in [4.78, 5) is 12.6. The number of carbonyl (C=O) groups is 1. The van der Waals surface area contributed by atoms with E-state index < -0.39 is 0 Å². The lowest BCUT2D eigenvalue weighted by atomic mass is 9.95. The lowest BCUT2D eigenvalue weighted by molar-refractivity contribution is -0.115. The summed E-state index contributed by atoms with van der Waals surface area (Å²) in [6.45, 7) is 6.05. The standard InChI is InChI=1S/C20H28N4OS/c1-4-16-10-12-17(13-11-16)21-19(25)14(2)26-20-23-22-15(3)24(20)18-8-6-5-7-9-18/h10-14,18H,4-9H2,1-3H3,(H,21,25)/t14-/m1/s1. The number of aromatic nitrogens is 3. The minimum atomic E-state index is -0.230. The first kappa shape index (κ1) is 19.0. The molecule has 1 heterocycles.